The molecule has 0 radical (unpaired) electrons. The average molecular weight is 282 g/mol. The Morgan fingerprint density at radius 2 is 1.70 bits per heavy atom. The van der Waals surface area contributed by atoms with Crippen molar-refractivity contribution in [2.75, 3.05) is 38.7 Å². The summed E-state index contributed by atoms with van der Waals surface area (Å²) in [5.41, 5.74) is 0.456. The van der Waals surface area contributed by atoms with Gasteiger partial charge in [-0.1, -0.05) is 0 Å². The third-order valence-corrected chi connectivity index (χ3v) is 2.57. The topological polar surface area (TPSA) is 99.1 Å². The molecular weight excluding hydrogens is 264 g/mol. The molecule has 0 fully saturated rings. The van der Waals surface area contributed by atoms with E-state index >= 15 is 0 Å². The summed E-state index contributed by atoms with van der Waals surface area (Å²) in [6, 6.07) is 6.51. The minimum atomic E-state index is -0.822. The molecule has 2 amide bonds. The van der Waals surface area contributed by atoms with Gasteiger partial charge in [0.05, 0.1) is 20.3 Å². The van der Waals surface area contributed by atoms with Crippen molar-refractivity contribution in [3.05, 3.63) is 24.3 Å². The molecule has 3 N–H and O–H groups in total. The lowest BCUT2D eigenvalue weighted by molar-refractivity contribution is -0.143. The standard InChI is InChI=1S/C13H18N2O5/c1-20-11-4-2-10(3-5-11)14-12(18)13(19)15(6-8-16)7-9-17/h2-5,16-17H,6-9H2,1H3,(H,14,18). The first-order valence-electron chi connectivity index (χ1n) is 6.08. The summed E-state index contributed by atoms with van der Waals surface area (Å²) in [6.07, 6.45) is 0. The van der Waals surface area contributed by atoms with E-state index in [1.54, 1.807) is 24.3 Å². The molecule has 0 saturated carbocycles. The van der Waals surface area contributed by atoms with Crippen LogP contribution >= 0.6 is 0 Å². The fraction of sp³-hybridized carbons (Fsp3) is 0.385. The molecule has 0 aliphatic carbocycles. The number of amides is 2. The van der Waals surface area contributed by atoms with E-state index in [4.69, 9.17) is 14.9 Å². The number of nitrogens with one attached hydrogen (secondary N) is 1. The molecule has 0 aromatic heterocycles. The van der Waals surface area contributed by atoms with Crippen molar-refractivity contribution in [2.45, 2.75) is 0 Å². The smallest absolute Gasteiger partial charge is 0.313 e. The summed E-state index contributed by atoms with van der Waals surface area (Å²) in [6.45, 7) is -0.562. The number of nitrogens with zero attached hydrogens (tertiary/aromatic N) is 1. The van der Waals surface area contributed by atoms with E-state index in [1.807, 2.05) is 0 Å². The van der Waals surface area contributed by atoms with Gasteiger partial charge < -0.3 is 25.2 Å². The van der Waals surface area contributed by atoms with E-state index in [2.05, 4.69) is 5.32 Å². The molecular formula is C13H18N2O5. The average Bonchev–Trinajstić information content (AvgIpc) is 2.47. The lowest BCUT2D eigenvalue weighted by Gasteiger charge is -2.19. The van der Waals surface area contributed by atoms with Gasteiger partial charge in [0.1, 0.15) is 5.75 Å². The molecule has 20 heavy (non-hydrogen) atoms. The van der Waals surface area contributed by atoms with Crippen LogP contribution in [-0.4, -0.2) is 60.3 Å². The second-order valence-electron chi connectivity index (χ2n) is 3.92. The Morgan fingerprint density at radius 1 is 1.15 bits per heavy atom. The second-order valence-corrected chi connectivity index (χ2v) is 3.92. The summed E-state index contributed by atoms with van der Waals surface area (Å²) in [5, 5.41) is 20.1. The fourth-order valence-corrected chi connectivity index (χ4v) is 1.56. The van der Waals surface area contributed by atoms with E-state index in [9.17, 15) is 9.59 Å². The highest BCUT2D eigenvalue weighted by Crippen LogP contribution is 2.14. The van der Waals surface area contributed by atoms with Crippen LogP contribution in [-0.2, 0) is 9.59 Å². The number of hydrogen-bond donors (Lipinski definition) is 3. The van der Waals surface area contributed by atoms with Crippen LogP contribution in [0.2, 0.25) is 0 Å². The summed E-state index contributed by atoms with van der Waals surface area (Å²) in [7, 11) is 1.53. The van der Waals surface area contributed by atoms with Gasteiger partial charge in [0.15, 0.2) is 0 Å². The Balaban J connectivity index is 2.65. The van der Waals surface area contributed by atoms with Crippen LogP contribution in [0.4, 0.5) is 5.69 Å². The van der Waals surface area contributed by atoms with Gasteiger partial charge in [-0.05, 0) is 24.3 Å². The molecule has 0 unspecified atom stereocenters. The van der Waals surface area contributed by atoms with Crippen LogP contribution in [0, 0.1) is 0 Å². The van der Waals surface area contributed by atoms with Gasteiger partial charge in [-0.3, -0.25) is 9.59 Å². The zero-order valence-corrected chi connectivity index (χ0v) is 11.2. The first-order chi connectivity index (χ1) is 9.62. The minimum absolute atomic E-state index is 0.00454. The van der Waals surface area contributed by atoms with Crippen molar-refractivity contribution >= 4 is 17.5 Å². The molecule has 0 saturated heterocycles. The van der Waals surface area contributed by atoms with E-state index < -0.39 is 11.8 Å². The maximum atomic E-state index is 11.8. The maximum Gasteiger partial charge on any atom is 0.313 e. The van der Waals surface area contributed by atoms with Crippen LogP contribution < -0.4 is 10.1 Å². The van der Waals surface area contributed by atoms with Crippen molar-refractivity contribution < 1.29 is 24.5 Å². The Hall–Kier alpha value is -2.12. The van der Waals surface area contributed by atoms with Crippen molar-refractivity contribution in [3.63, 3.8) is 0 Å². The Labute approximate surface area is 116 Å². The Kier molecular flexibility index (Phi) is 6.48. The van der Waals surface area contributed by atoms with Gasteiger partial charge in [0.2, 0.25) is 0 Å². The lowest BCUT2D eigenvalue weighted by atomic mass is 10.3. The summed E-state index contributed by atoms with van der Waals surface area (Å²) >= 11 is 0. The second kappa shape index (κ2) is 8.13. The normalized spacial score (nSPS) is 9.95. The SMILES string of the molecule is COc1ccc(NC(=O)C(=O)N(CCO)CCO)cc1. The van der Waals surface area contributed by atoms with Crippen LogP contribution in [0.15, 0.2) is 24.3 Å². The Bertz CT molecular complexity index is 441. The van der Waals surface area contributed by atoms with Crippen LogP contribution in [0.3, 0.4) is 0 Å². The highest BCUT2D eigenvalue weighted by Gasteiger charge is 2.21. The van der Waals surface area contributed by atoms with Crippen LogP contribution in [0.5, 0.6) is 5.75 Å². The van der Waals surface area contributed by atoms with Crippen molar-refractivity contribution in [2.24, 2.45) is 0 Å². The lowest BCUT2D eigenvalue weighted by Crippen LogP contribution is -2.42. The molecule has 1 aromatic rings. The molecule has 7 nitrogen and oxygen atoms in total. The van der Waals surface area contributed by atoms with Gasteiger partial charge in [-0.2, -0.15) is 0 Å². The van der Waals surface area contributed by atoms with Crippen LogP contribution in [0.25, 0.3) is 0 Å². The van der Waals surface area contributed by atoms with Gasteiger partial charge >= 0.3 is 11.8 Å². The fourth-order valence-electron chi connectivity index (χ4n) is 1.56. The number of methoxy groups -OCH3 is 1. The third-order valence-electron chi connectivity index (χ3n) is 2.57. The van der Waals surface area contributed by atoms with Crippen molar-refractivity contribution in [3.8, 4) is 5.75 Å². The number of rotatable bonds is 6. The summed E-state index contributed by atoms with van der Waals surface area (Å²) in [5.74, 6) is -0.988. The molecule has 0 bridgehead atoms. The molecule has 0 atom stereocenters. The van der Waals surface area contributed by atoms with E-state index in [-0.39, 0.29) is 26.3 Å². The summed E-state index contributed by atoms with van der Waals surface area (Å²) < 4.78 is 4.98. The van der Waals surface area contributed by atoms with Crippen molar-refractivity contribution in [1.29, 1.82) is 0 Å². The monoisotopic (exact) mass is 282 g/mol. The minimum Gasteiger partial charge on any atom is -0.497 e. The molecule has 110 valence electrons. The van der Waals surface area contributed by atoms with Crippen molar-refractivity contribution in [1.82, 2.24) is 4.90 Å². The largest absolute Gasteiger partial charge is 0.497 e. The molecule has 1 aromatic carbocycles. The third kappa shape index (κ3) is 4.52. The van der Waals surface area contributed by atoms with Gasteiger partial charge in [0.25, 0.3) is 0 Å². The maximum absolute atomic E-state index is 11.8. The molecule has 0 aliphatic rings. The first kappa shape index (κ1) is 15.9. The van der Waals surface area contributed by atoms with E-state index in [0.717, 1.165) is 4.90 Å². The van der Waals surface area contributed by atoms with E-state index in [0.29, 0.717) is 11.4 Å². The zero-order chi connectivity index (χ0) is 15.0. The number of carbonyl (C=O) groups excluding carboxylic acids is 2. The quantitative estimate of drug-likeness (QED) is 0.608. The predicted molar refractivity (Wildman–Crippen MR) is 72.4 cm³/mol. The number of hydrogen-bond acceptors (Lipinski definition) is 5. The number of ether oxygens (including phenoxy) is 1. The molecule has 0 heterocycles. The highest BCUT2D eigenvalue weighted by atomic mass is 16.5. The van der Waals surface area contributed by atoms with Gasteiger partial charge in [-0.15, -0.1) is 0 Å². The number of aliphatic hydroxyl groups excluding tert-OH is 2. The molecule has 1 rings (SSSR count). The van der Waals surface area contributed by atoms with E-state index in [1.165, 1.54) is 7.11 Å². The van der Waals surface area contributed by atoms with Crippen LogP contribution in [0.1, 0.15) is 0 Å². The molecule has 7 heteroatoms. The molecule has 0 spiro atoms. The Morgan fingerprint density at radius 3 is 2.15 bits per heavy atom. The number of anilines is 1. The highest BCUT2D eigenvalue weighted by molar-refractivity contribution is 6.39. The molecule has 0 aliphatic heterocycles. The van der Waals surface area contributed by atoms with Gasteiger partial charge in [0, 0.05) is 18.8 Å². The first-order valence-corrected chi connectivity index (χ1v) is 6.08. The summed E-state index contributed by atoms with van der Waals surface area (Å²) in [4.78, 5) is 24.7. The number of aliphatic hydroxyl groups is 2. The number of carbonyl (C=O) groups is 2. The predicted octanol–water partition coefficient (Wildman–Crippen LogP) is -0.553. The van der Waals surface area contributed by atoms with Gasteiger partial charge in [-0.25, -0.2) is 0 Å². The number of benzene rings is 1. The zero-order valence-electron chi connectivity index (χ0n) is 11.2.